The van der Waals surface area contributed by atoms with E-state index in [1.807, 2.05) is 13.0 Å². The van der Waals surface area contributed by atoms with Gasteiger partial charge in [0.1, 0.15) is 5.69 Å². The van der Waals surface area contributed by atoms with Crippen LogP contribution in [0.4, 0.5) is 0 Å². The zero-order valence-electron chi connectivity index (χ0n) is 11.1. The molecule has 18 heavy (non-hydrogen) atoms. The number of rotatable bonds is 5. The standard InChI is InChI=1S/C13H21N3O2/c1-3-10-8-11(16-15-10)12(17)14-13(9-18-2)6-4-5-7-13/h8H,3-7,9H2,1-2H3,(H,14,17)(H,15,16). The molecule has 1 saturated carbocycles. The quantitative estimate of drug-likeness (QED) is 0.836. The third-order valence-corrected chi connectivity index (χ3v) is 3.60. The molecule has 0 aromatic carbocycles. The summed E-state index contributed by atoms with van der Waals surface area (Å²) in [6, 6.07) is 1.81. The van der Waals surface area contributed by atoms with Crippen molar-refractivity contribution < 1.29 is 9.53 Å². The molecular formula is C13H21N3O2. The van der Waals surface area contributed by atoms with Crippen molar-refractivity contribution in [3.8, 4) is 0 Å². The Morgan fingerprint density at radius 1 is 1.56 bits per heavy atom. The molecule has 1 heterocycles. The first-order valence-electron chi connectivity index (χ1n) is 6.55. The van der Waals surface area contributed by atoms with E-state index in [0.717, 1.165) is 37.8 Å². The number of hydrogen-bond donors (Lipinski definition) is 2. The van der Waals surface area contributed by atoms with Crippen LogP contribution in [0.3, 0.4) is 0 Å². The van der Waals surface area contributed by atoms with Gasteiger partial charge in [-0.3, -0.25) is 9.89 Å². The summed E-state index contributed by atoms with van der Waals surface area (Å²) in [6.07, 6.45) is 5.10. The Hall–Kier alpha value is -1.36. The number of amides is 1. The SMILES string of the molecule is CCc1cc(C(=O)NC2(COC)CCCC2)n[nH]1. The zero-order valence-corrected chi connectivity index (χ0v) is 11.1. The van der Waals surface area contributed by atoms with Crippen molar-refractivity contribution in [3.63, 3.8) is 0 Å². The summed E-state index contributed by atoms with van der Waals surface area (Å²) < 4.78 is 5.25. The average Bonchev–Trinajstić information content (AvgIpc) is 2.98. The minimum Gasteiger partial charge on any atom is -0.382 e. The predicted molar refractivity (Wildman–Crippen MR) is 68.5 cm³/mol. The highest BCUT2D eigenvalue weighted by Gasteiger charge is 2.35. The molecule has 0 bridgehead atoms. The van der Waals surface area contributed by atoms with Gasteiger partial charge in [0.2, 0.25) is 0 Å². The number of nitrogens with one attached hydrogen (secondary N) is 2. The van der Waals surface area contributed by atoms with E-state index in [1.54, 1.807) is 7.11 Å². The van der Waals surface area contributed by atoms with E-state index < -0.39 is 0 Å². The lowest BCUT2D eigenvalue weighted by Gasteiger charge is -2.29. The number of carbonyl (C=O) groups is 1. The molecule has 0 saturated heterocycles. The number of nitrogens with zero attached hydrogens (tertiary/aromatic N) is 1. The first-order chi connectivity index (χ1) is 8.69. The lowest BCUT2D eigenvalue weighted by Crippen LogP contribution is -2.49. The molecule has 1 aromatic heterocycles. The second kappa shape index (κ2) is 5.52. The van der Waals surface area contributed by atoms with Crippen LogP contribution >= 0.6 is 0 Å². The number of carbonyl (C=O) groups excluding carboxylic acids is 1. The molecule has 0 unspecified atom stereocenters. The maximum Gasteiger partial charge on any atom is 0.272 e. The fraction of sp³-hybridized carbons (Fsp3) is 0.692. The van der Waals surface area contributed by atoms with E-state index in [9.17, 15) is 4.79 Å². The topological polar surface area (TPSA) is 67.0 Å². The van der Waals surface area contributed by atoms with Crippen LogP contribution in [0.2, 0.25) is 0 Å². The molecule has 2 N–H and O–H groups in total. The van der Waals surface area contributed by atoms with Crippen LogP contribution < -0.4 is 5.32 Å². The van der Waals surface area contributed by atoms with Crippen LogP contribution in [0.1, 0.15) is 48.8 Å². The van der Waals surface area contributed by atoms with Gasteiger partial charge < -0.3 is 10.1 Å². The molecule has 2 rings (SSSR count). The van der Waals surface area contributed by atoms with Crippen LogP contribution in [0.15, 0.2) is 6.07 Å². The van der Waals surface area contributed by atoms with Gasteiger partial charge in [-0.05, 0) is 25.3 Å². The van der Waals surface area contributed by atoms with Crippen LogP contribution in [0.25, 0.3) is 0 Å². The molecule has 1 amide bonds. The van der Waals surface area contributed by atoms with Gasteiger partial charge in [0.15, 0.2) is 0 Å². The summed E-state index contributed by atoms with van der Waals surface area (Å²) in [5.41, 5.74) is 1.25. The summed E-state index contributed by atoms with van der Waals surface area (Å²) >= 11 is 0. The van der Waals surface area contributed by atoms with Gasteiger partial charge >= 0.3 is 0 Å². The van der Waals surface area contributed by atoms with Crippen molar-refractivity contribution in [2.24, 2.45) is 0 Å². The van der Waals surface area contributed by atoms with Crippen molar-refractivity contribution in [3.05, 3.63) is 17.5 Å². The first kappa shape index (κ1) is 13.1. The monoisotopic (exact) mass is 251 g/mol. The highest BCUT2D eigenvalue weighted by atomic mass is 16.5. The van der Waals surface area contributed by atoms with Crippen molar-refractivity contribution in [1.82, 2.24) is 15.5 Å². The number of methoxy groups -OCH3 is 1. The molecule has 1 aliphatic rings. The van der Waals surface area contributed by atoms with Crippen LogP contribution in [-0.2, 0) is 11.2 Å². The van der Waals surface area contributed by atoms with E-state index in [-0.39, 0.29) is 11.4 Å². The summed E-state index contributed by atoms with van der Waals surface area (Å²) in [6.45, 7) is 2.60. The maximum absolute atomic E-state index is 12.2. The van der Waals surface area contributed by atoms with Gasteiger partial charge in [-0.1, -0.05) is 19.8 Å². The Bertz CT molecular complexity index is 408. The number of hydrogen-bond acceptors (Lipinski definition) is 3. The van der Waals surface area contributed by atoms with Gasteiger partial charge in [-0.2, -0.15) is 5.10 Å². The fourth-order valence-electron chi connectivity index (χ4n) is 2.60. The van der Waals surface area contributed by atoms with Crippen molar-refractivity contribution in [2.45, 2.75) is 44.6 Å². The summed E-state index contributed by atoms with van der Waals surface area (Å²) in [4.78, 5) is 12.2. The molecule has 5 heteroatoms. The molecule has 1 fully saturated rings. The Morgan fingerprint density at radius 3 is 2.83 bits per heavy atom. The summed E-state index contributed by atoms with van der Waals surface area (Å²) in [7, 11) is 1.68. The minimum atomic E-state index is -0.197. The maximum atomic E-state index is 12.2. The molecule has 5 nitrogen and oxygen atoms in total. The number of aryl methyl sites for hydroxylation is 1. The van der Waals surface area contributed by atoms with Crippen molar-refractivity contribution in [2.75, 3.05) is 13.7 Å². The molecule has 1 aliphatic carbocycles. The second-order valence-electron chi connectivity index (χ2n) is 5.01. The van der Waals surface area contributed by atoms with Gasteiger partial charge in [0.25, 0.3) is 5.91 Å². The third-order valence-electron chi connectivity index (χ3n) is 3.60. The summed E-state index contributed by atoms with van der Waals surface area (Å²) in [5.74, 6) is -0.107. The van der Waals surface area contributed by atoms with E-state index in [1.165, 1.54) is 0 Å². The molecule has 0 radical (unpaired) electrons. The Morgan fingerprint density at radius 2 is 2.28 bits per heavy atom. The van der Waals surface area contributed by atoms with Crippen LogP contribution in [-0.4, -0.2) is 35.4 Å². The molecule has 0 atom stereocenters. The van der Waals surface area contributed by atoms with Crippen molar-refractivity contribution >= 4 is 5.91 Å². The first-order valence-corrected chi connectivity index (χ1v) is 6.55. The van der Waals surface area contributed by atoms with Gasteiger partial charge in [-0.15, -0.1) is 0 Å². The normalized spacial score (nSPS) is 17.9. The number of aromatic nitrogens is 2. The van der Waals surface area contributed by atoms with Crippen LogP contribution in [0, 0.1) is 0 Å². The van der Waals surface area contributed by atoms with Gasteiger partial charge in [-0.25, -0.2) is 0 Å². The van der Waals surface area contributed by atoms with E-state index >= 15 is 0 Å². The highest BCUT2D eigenvalue weighted by Crippen LogP contribution is 2.30. The number of aromatic amines is 1. The number of H-pyrrole nitrogens is 1. The lowest BCUT2D eigenvalue weighted by molar-refractivity contribution is 0.0762. The third kappa shape index (κ3) is 2.72. The Kier molecular flexibility index (Phi) is 4.01. The number of ether oxygens (including phenoxy) is 1. The minimum absolute atomic E-state index is 0.107. The van der Waals surface area contributed by atoms with E-state index in [0.29, 0.717) is 12.3 Å². The smallest absolute Gasteiger partial charge is 0.272 e. The Balaban J connectivity index is 2.04. The predicted octanol–water partition coefficient (Wildman–Crippen LogP) is 1.66. The molecule has 0 spiro atoms. The summed E-state index contributed by atoms with van der Waals surface area (Å²) in [5, 5.41) is 10.0. The second-order valence-corrected chi connectivity index (χ2v) is 5.01. The zero-order chi connectivity index (χ0) is 13.0. The fourth-order valence-corrected chi connectivity index (χ4v) is 2.60. The largest absolute Gasteiger partial charge is 0.382 e. The average molecular weight is 251 g/mol. The van der Waals surface area contributed by atoms with Gasteiger partial charge in [0, 0.05) is 12.8 Å². The van der Waals surface area contributed by atoms with E-state index in [4.69, 9.17) is 4.74 Å². The van der Waals surface area contributed by atoms with Crippen LogP contribution in [0.5, 0.6) is 0 Å². The Labute approximate surface area is 107 Å². The highest BCUT2D eigenvalue weighted by molar-refractivity contribution is 5.92. The molecule has 0 aliphatic heterocycles. The lowest BCUT2D eigenvalue weighted by atomic mass is 9.98. The molecule has 100 valence electrons. The van der Waals surface area contributed by atoms with E-state index in [2.05, 4.69) is 15.5 Å². The van der Waals surface area contributed by atoms with Gasteiger partial charge in [0.05, 0.1) is 12.1 Å². The van der Waals surface area contributed by atoms with Crippen molar-refractivity contribution in [1.29, 1.82) is 0 Å². The molecule has 1 aromatic rings. The molecular weight excluding hydrogens is 230 g/mol.